The lowest BCUT2D eigenvalue weighted by Crippen LogP contribution is -2.24. The van der Waals surface area contributed by atoms with E-state index in [0.717, 1.165) is 32.1 Å². The summed E-state index contributed by atoms with van der Waals surface area (Å²) in [5.74, 6) is 0. The van der Waals surface area contributed by atoms with Crippen molar-refractivity contribution in [2.24, 2.45) is 5.73 Å². The average molecular weight is 231 g/mol. The lowest BCUT2D eigenvalue weighted by atomic mass is 10.0. The molecule has 0 amide bonds. The molecular formula is C15H21NO. The summed E-state index contributed by atoms with van der Waals surface area (Å²) in [6.45, 7) is 0. The fourth-order valence-corrected chi connectivity index (χ4v) is 2.34. The molecule has 0 atom stereocenters. The van der Waals surface area contributed by atoms with Crippen LogP contribution in [0.25, 0.3) is 0 Å². The second kappa shape index (κ2) is 3.82. The van der Waals surface area contributed by atoms with Crippen molar-refractivity contribution in [3.63, 3.8) is 0 Å². The van der Waals surface area contributed by atoms with Crippen molar-refractivity contribution in [1.82, 2.24) is 0 Å². The van der Waals surface area contributed by atoms with Crippen LogP contribution in [0.1, 0.15) is 43.2 Å². The minimum Gasteiger partial charge on any atom is -0.390 e. The van der Waals surface area contributed by atoms with Gasteiger partial charge in [0.25, 0.3) is 0 Å². The van der Waals surface area contributed by atoms with Gasteiger partial charge in [0.1, 0.15) is 0 Å². The highest BCUT2D eigenvalue weighted by Gasteiger charge is 2.39. The van der Waals surface area contributed by atoms with Crippen molar-refractivity contribution in [3.05, 3.63) is 35.4 Å². The van der Waals surface area contributed by atoms with Crippen LogP contribution in [0.15, 0.2) is 24.3 Å². The Kier molecular flexibility index (Phi) is 2.53. The maximum atomic E-state index is 9.79. The molecule has 0 heterocycles. The third-order valence-corrected chi connectivity index (χ3v) is 4.18. The minimum absolute atomic E-state index is 0.102. The molecule has 0 radical (unpaired) electrons. The number of nitrogens with two attached hydrogens (primary N) is 1. The normalized spacial score (nSPS) is 23.4. The van der Waals surface area contributed by atoms with E-state index in [2.05, 4.69) is 24.3 Å². The first-order valence-electron chi connectivity index (χ1n) is 6.66. The van der Waals surface area contributed by atoms with Crippen molar-refractivity contribution in [2.45, 2.75) is 56.1 Å². The molecule has 2 nitrogen and oxygen atoms in total. The van der Waals surface area contributed by atoms with E-state index in [1.54, 1.807) is 0 Å². The Balaban J connectivity index is 1.55. The zero-order valence-corrected chi connectivity index (χ0v) is 10.3. The molecular weight excluding hydrogens is 210 g/mol. The fraction of sp³-hybridized carbons (Fsp3) is 0.600. The molecule has 1 aromatic rings. The van der Waals surface area contributed by atoms with E-state index in [9.17, 15) is 5.11 Å². The zero-order valence-electron chi connectivity index (χ0n) is 10.3. The largest absolute Gasteiger partial charge is 0.390 e. The predicted molar refractivity (Wildman–Crippen MR) is 68.8 cm³/mol. The Hall–Kier alpha value is -0.860. The monoisotopic (exact) mass is 231 g/mol. The SMILES string of the molecule is NC1(Cc2ccc(CCC3(O)CC3)cc2)CC1. The molecule has 2 aliphatic rings. The van der Waals surface area contributed by atoms with Crippen LogP contribution in [0, 0.1) is 0 Å². The third kappa shape index (κ3) is 2.88. The molecule has 92 valence electrons. The zero-order chi connectivity index (χ0) is 11.9. The van der Waals surface area contributed by atoms with E-state index in [1.807, 2.05) is 0 Å². The lowest BCUT2D eigenvalue weighted by Gasteiger charge is -2.10. The van der Waals surface area contributed by atoms with Gasteiger partial charge in [-0.05, 0) is 56.1 Å². The Morgan fingerprint density at radius 1 is 1.00 bits per heavy atom. The van der Waals surface area contributed by atoms with E-state index < -0.39 is 0 Å². The molecule has 3 N–H and O–H groups in total. The summed E-state index contributed by atoms with van der Waals surface area (Å²) in [6.07, 6.45) is 7.22. The van der Waals surface area contributed by atoms with E-state index >= 15 is 0 Å². The molecule has 0 spiro atoms. The van der Waals surface area contributed by atoms with Gasteiger partial charge in [-0.1, -0.05) is 24.3 Å². The van der Waals surface area contributed by atoms with Gasteiger partial charge in [-0.25, -0.2) is 0 Å². The van der Waals surface area contributed by atoms with E-state index in [0.29, 0.717) is 0 Å². The first-order valence-corrected chi connectivity index (χ1v) is 6.66. The quantitative estimate of drug-likeness (QED) is 0.816. The summed E-state index contributed by atoms with van der Waals surface area (Å²) in [7, 11) is 0. The van der Waals surface area contributed by atoms with Crippen molar-refractivity contribution < 1.29 is 5.11 Å². The smallest absolute Gasteiger partial charge is 0.0653 e. The van der Waals surface area contributed by atoms with E-state index in [-0.39, 0.29) is 11.1 Å². The lowest BCUT2D eigenvalue weighted by molar-refractivity contribution is 0.140. The molecule has 2 heteroatoms. The first kappa shape index (κ1) is 11.2. The highest BCUT2D eigenvalue weighted by molar-refractivity contribution is 5.26. The number of benzene rings is 1. The van der Waals surface area contributed by atoms with Gasteiger partial charge in [-0.15, -0.1) is 0 Å². The fourth-order valence-electron chi connectivity index (χ4n) is 2.34. The molecule has 2 saturated carbocycles. The van der Waals surface area contributed by atoms with Gasteiger partial charge in [0, 0.05) is 5.54 Å². The van der Waals surface area contributed by atoms with E-state index in [1.165, 1.54) is 24.0 Å². The van der Waals surface area contributed by atoms with Crippen molar-refractivity contribution in [1.29, 1.82) is 0 Å². The van der Waals surface area contributed by atoms with Crippen molar-refractivity contribution in [2.75, 3.05) is 0 Å². The van der Waals surface area contributed by atoms with Crippen LogP contribution < -0.4 is 5.73 Å². The molecule has 0 aromatic heterocycles. The van der Waals surface area contributed by atoms with Crippen LogP contribution in [0.4, 0.5) is 0 Å². The maximum absolute atomic E-state index is 9.79. The maximum Gasteiger partial charge on any atom is 0.0653 e. The molecule has 3 rings (SSSR count). The number of aliphatic hydroxyl groups is 1. The predicted octanol–water partition coefficient (Wildman–Crippen LogP) is 2.18. The summed E-state index contributed by atoms with van der Waals surface area (Å²) in [6, 6.07) is 8.76. The highest BCUT2D eigenvalue weighted by atomic mass is 16.3. The minimum atomic E-state index is -0.325. The van der Waals surface area contributed by atoms with Gasteiger partial charge in [0.2, 0.25) is 0 Å². The standard InChI is InChI=1S/C15H21NO/c16-14(7-8-14)11-13-3-1-12(2-4-13)5-6-15(17)9-10-15/h1-4,17H,5-11,16H2. The van der Waals surface area contributed by atoms with Crippen LogP contribution in [0.2, 0.25) is 0 Å². The van der Waals surface area contributed by atoms with Crippen LogP contribution >= 0.6 is 0 Å². The van der Waals surface area contributed by atoms with Gasteiger partial charge < -0.3 is 10.8 Å². The molecule has 0 unspecified atom stereocenters. The Labute approximate surface area is 103 Å². The van der Waals surface area contributed by atoms with Gasteiger partial charge in [-0.3, -0.25) is 0 Å². The van der Waals surface area contributed by atoms with E-state index in [4.69, 9.17) is 5.73 Å². The summed E-state index contributed by atoms with van der Waals surface area (Å²) >= 11 is 0. The number of hydrogen-bond acceptors (Lipinski definition) is 2. The Morgan fingerprint density at radius 2 is 1.59 bits per heavy atom. The van der Waals surface area contributed by atoms with Crippen LogP contribution in [0.3, 0.4) is 0 Å². The third-order valence-electron chi connectivity index (χ3n) is 4.18. The molecule has 0 aliphatic heterocycles. The van der Waals surface area contributed by atoms with Gasteiger partial charge >= 0.3 is 0 Å². The van der Waals surface area contributed by atoms with Gasteiger partial charge in [0.15, 0.2) is 0 Å². The average Bonchev–Trinajstić information content (AvgIpc) is 3.20. The summed E-state index contributed by atoms with van der Waals surface area (Å²) in [5.41, 5.74) is 8.56. The Morgan fingerprint density at radius 3 is 2.12 bits per heavy atom. The van der Waals surface area contributed by atoms with Crippen LogP contribution in [0.5, 0.6) is 0 Å². The van der Waals surface area contributed by atoms with Gasteiger partial charge in [-0.2, -0.15) is 0 Å². The second-order valence-electron chi connectivity index (χ2n) is 6.08. The highest BCUT2D eigenvalue weighted by Crippen LogP contribution is 2.39. The van der Waals surface area contributed by atoms with Crippen LogP contribution in [-0.2, 0) is 12.8 Å². The number of hydrogen-bond donors (Lipinski definition) is 2. The molecule has 0 bridgehead atoms. The number of aryl methyl sites for hydroxylation is 1. The Bertz CT molecular complexity index is 401. The molecule has 17 heavy (non-hydrogen) atoms. The molecule has 2 fully saturated rings. The van der Waals surface area contributed by atoms with Crippen molar-refractivity contribution in [3.8, 4) is 0 Å². The summed E-state index contributed by atoms with van der Waals surface area (Å²) < 4.78 is 0. The molecule has 2 aliphatic carbocycles. The summed E-state index contributed by atoms with van der Waals surface area (Å²) in [5, 5.41) is 9.79. The number of rotatable bonds is 5. The van der Waals surface area contributed by atoms with Crippen molar-refractivity contribution >= 4 is 0 Å². The topological polar surface area (TPSA) is 46.2 Å². The van der Waals surface area contributed by atoms with Gasteiger partial charge in [0.05, 0.1) is 5.60 Å². The first-order chi connectivity index (χ1) is 8.07. The molecule has 0 saturated heterocycles. The molecule has 1 aromatic carbocycles. The summed E-state index contributed by atoms with van der Waals surface area (Å²) in [4.78, 5) is 0. The second-order valence-corrected chi connectivity index (χ2v) is 6.08. The van der Waals surface area contributed by atoms with Crippen LogP contribution in [-0.4, -0.2) is 16.2 Å².